The van der Waals surface area contributed by atoms with Gasteiger partial charge >= 0.3 is 0 Å². The maximum atomic E-state index is 13.1. The summed E-state index contributed by atoms with van der Waals surface area (Å²) < 4.78 is 11.2. The lowest BCUT2D eigenvalue weighted by atomic mass is 10.0. The fourth-order valence-corrected chi connectivity index (χ4v) is 3.56. The number of carbonyl (C=O) groups is 1. The molecule has 0 aliphatic heterocycles. The zero-order valence-corrected chi connectivity index (χ0v) is 19.3. The number of fused-ring (bicyclic) bond motifs is 1. The average molecular weight is 454 g/mol. The van der Waals surface area contributed by atoms with Crippen molar-refractivity contribution in [3.8, 4) is 22.8 Å². The van der Waals surface area contributed by atoms with Crippen LogP contribution in [0.3, 0.4) is 0 Å². The molecule has 4 rings (SSSR count). The monoisotopic (exact) mass is 453 g/mol. The molecular weight excluding hydrogens is 426 g/mol. The molecule has 1 aromatic heterocycles. The highest BCUT2D eigenvalue weighted by Crippen LogP contribution is 2.28. The Hall–Kier alpha value is -4.19. The summed E-state index contributed by atoms with van der Waals surface area (Å²) in [6.45, 7) is 2.76. The van der Waals surface area contributed by atoms with Crippen molar-refractivity contribution in [3.05, 3.63) is 90.0 Å². The number of hydrogen-bond donors (Lipinski definition) is 1. The van der Waals surface area contributed by atoms with Crippen LogP contribution in [0.1, 0.15) is 35.7 Å². The predicted molar refractivity (Wildman–Crippen MR) is 136 cm³/mol. The van der Waals surface area contributed by atoms with Crippen LogP contribution in [0, 0.1) is 0 Å². The number of para-hydroxylation sites is 1. The SMILES string of the molecule is CCCCOc1ccc(/C=N/NC(=O)c2cc(-c3ccccc3)nc3ccccc23)cc1OC. The Kier molecular flexibility index (Phi) is 7.50. The topological polar surface area (TPSA) is 72.8 Å². The molecule has 0 unspecified atom stereocenters. The zero-order chi connectivity index (χ0) is 23.8. The van der Waals surface area contributed by atoms with Gasteiger partial charge in [-0.05, 0) is 42.3 Å². The van der Waals surface area contributed by atoms with E-state index in [0.29, 0.717) is 23.7 Å². The van der Waals surface area contributed by atoms with Gasteiger partial charge in [-0.15, -0.1) is 0 Å². The van der Waals surface area contributed by atoms with Crippen molar-refractivity contribution in [3.63, 3.8) is 0 Å². The highest BCUT2D eigenvalue weighted by molar-refractivity contribution is 6.07. The minimum atomic E-state index is -0.307. The Balaban J connectivity index is 1.54. The first kappa shape index (κ1) is 23.0. The smallest absolute Gasteiger partial charge is 0.272 e. The number of methoxy groups -OCH3 is 1. The molecule has 6 heteroatoms. The lowest BCUT2D eigenvalue weighted by Crippen LogP contribution is -2.18. The second kappa shape index (κ2) is 11.1. The van der Waals surface area contributed by atoms with Gasteiger partial charge in [-0.25, -0.2) is 10.4 Å². The van der Waals surface area contributed by atoms with Crippen LogP contribution in [-0.2, 0) is 0 Å². The summed E-state index contributed by atoms with van der Waals surface area (Å²) in [7, 11) is 1.60. The molecule has 0 saturated carbocycles. The Morgan fingerprint density at radius 1 is 1.00 bits per heavy atom. The van der Waals surface area contributed by atoms with Gasteiger partial charge in [0.25, 0.3) is 5.91 Å². The first-order valence-electron chi connectivity index (χ1n) is 11.3. The molecule has 1 amide bonds. The number of hydrazone groups is 1. The third-order valence-corrected chi connectivity index (χ3v) is 5.35. The molecule has 3 aromatic carbocycles. The standard InChI is InChI=1S/C28H27N3O3/c1-3-4-16-34-26-15-14-20(17-27(26)33-2)19-29-31-28(32)23-18-25(21-10-6-5-7-11-21)30-24-13-9-8-12-22(23)24/h5-15,17-19H,3-4,16H2,1-2H3,(H,31,32)/b29-19+. The van der Waals surface area contributed by atoms with Crippen LogP contribution in [0.25, 0.3) is 22.2 Å². The number of benzene rings is 3. The van der Waals surface area contributed by atoms with E-state index in [9.17, 15) is 4.79 Å². The molecular formula is C28H27N3O3. The van der Waals surface area contributed by atoms with Crippen LogP contribution in [0.4, 0.5) is 0 Å². The van der Waals surface area contributed by atoms with Gasteiger partial charge in [0.2, 0.25) is 0 Å². The van der Waals surface area contributed by atoms with Crippen molar-refractivity contribution >= 4 is 23.0 Å². The van der Waals surface area contributed by atoms with Crippen LogP contribution < -0.4 is 14.9 Å². The maximum Gasteiger partial charge on any atom is 0.272 e. The Labute approximate surface area is 199 Å². The summed E-state index contributed by atoms with van der Waals surface area (Å²) >= 11 is 0. The van der Waals surface area contributed by atoms with E-state index < -0.39 is 0 Å². The van der Waals surface area contributed by atoms with Crippen molar-refractivity contribution in [1.29, 1.82) is 0 Å². The maximum absolute atomic E-state index is 13.1. The van der Waals surface area contributed by atoms with E-state index in [0.717, 1.165) is 40.6 Å². The number of pyridine rings is 1. The van der Waals surface area contributed by atoms with E-state index in [-0.39, 0.29) is 5.91 Å². The van der Waals surface area contributed by atoms with Crippen molar-refractivity contribution in [1.82, 2.24) is 10.4 Å². The lowest BCUT2D eigenvalue weighted by Gasteiger charge is -2.11. The first-order valence-corrected chi connectivity index (χ1v) is 11.3. The molecule has 0 fully saturated rings. The van der Waals surface area contributed by atoms with Gasteiger partial charge in [-0.3, -0.25) is 4.79 Å². The number of hydrogen-bond acceptors (Lipinski definition) is 5. The van der Waals surface area contributed by atoms with Gasteiger partial charge in [0.1, 0.15) is 0 Å². The number of amides is 1. The molecule has 0 spiro atoms. The van der Waals surface area contributed by atoms with Crippen LogP contribution in [0.5, 0.6) is 11.5 Å². The Bertz CT molecular complexity index is 1300. The highest BCUT2D eigenvalue weighted by Gasteiger charge is 2.13. The Morgan fingerprint density at radius 2 is 1.79 bits per heavy atom. The normalized spacial score (nSPS) is 11.0. The molecule has 1 heterocycles. The zero-order valence-electron chi connectivity index (χ0n) is 19.3. The molecule has 172 valence electrons. The Morgan fingerprint density at radius 3 is 2.59 bits per heavy atom. The minimum absolute atomic E-state index is 0.307. The molecule has 0 bridgehead atoms. The number of nitrogens with zero attached hydrogens (tertiary/aromatic N) is 2. The van der Waals surface area contributed by atoms with E-state index in [1.807, 2.05) is 72.8 Å². The van der Waals surface area contributed by atoms with Gasteiger partial charge in [0.05, 0.1) is 36.7 Å². The third kappa shape index (κ3) is 5.41. The molecule has 1 N–H and O–H groups in total. The van der Waals surface area contributed by atoms with Gasteiger partial charge < -0.3 is 9.47 Å². The van der Waals surface area contributed by atoms with Gasteiger partial charge in [-0.1, -0.05) is 61.9 Å². The van der Waals surface area contributed by atoms with E-state index in [1.165, 1.54) is 0 Å². The predicted octanol–water partition coefficient (Wildman–Crippen LogP) is 5.85. The van der Waals surface area contributed by atoms with Gasteiger partial charge in [-0.2, -0.15) is 5.10 Å². The van der Waals surface area contributed by atoms with Crippen LogP contribution in [-0.4, -0.2) is 30.8 Å². The summed E-state index contributed by atoms with van der Waals surface area (Å²) in [4.78, 5) is 17.8. The second-order valence-corrected chi connectivity index (χ2v) is 7.75. The molecule has 4 aromatic rings. The number of carbonyl (C=O) groups excluding carboxylic acids is 1. The van der Waals surface area contributed by atoms with E-state index in [1.54, 1.807) is 19.4 Å². The fourth-order valence-electron chi connectivity index (χ4n) is 3.56. The van der Waals surface area contributed by atoms with E-state index in [2.05, 4.69) is 17.5 Å². The summed E-state index contributed by atoms with van der Waals surface area (Å²) in [5, 5.41) is 4.93. The van der Waals surface area contributed by atoms with E-state index >= 15 is 0 Å². The summed E-state index contributed by atoms with van der Waals surface area (Å²) in [6.07, 6.45) is 3.62. The minimum Gasteiger partial charge on any atom is -0.493 e. The van der Waals surface area contributed by atoms with Crippen LogP contribution >= 0.6 is 0 Å². The van der Waals surface area contributed by atoms with Gasteiger partial charge in [0, 0.05) is 10.9 Å². The number of ether oxygens (including phenoxy) is 2. The number of unbranched alkanes of at least 4 members (excludes halogenated alkanes) is 1. The molecule has 6 nitrogen and oxygen atoms in total. The van der Waals surface area contributed by atoms with Gasteiger partial charge in [0.15, 0.2) is 11.5 Å². The molecule has 0 atom stereocenters. The largest absolute Gasteiger partial charge is 0.493 e. The molecule has 0 radical (unpaired) electrons. The van der Waals surface area contributed by atoms with Crippen LogP contribution in [0.15, 0.2) is 84.0 Å². The average Bonchev–Trinajstić information content (AvgIpc) is 2.89. The molecule has 0 saturated heterocycles. The summed E-state index contributed by atoms with van der Waals surface area (Å²) in [5.74, 6) is 1.01. The van der Waals surface area contributed by atoms with Crippen molar-refractivity contribution in [2.75, 3.05) is 13.7 Å². The molecule has 34 heavy (non-hydrogen) atoms. The second-order valence-electron chi connectivity index (χ2n) is 7.75. The van der Waals surface area contributed by atoms with E-state index in [4.69, 9.17) is 14.5 Å². The molecule has 0 aliphatic carbocycles. The summed E-state index contributed by atoms with van der Waals surface area (Å²) in [5.41, 5.74) is 6.37. The van der Waals surface area contributed by atoms with Crippen molar-refractivity contribution in [2.45, 2.75) is 19.8 Å². The fraction of sp³-hybridized carbons (Fsp3) is 0.179. The van der Waals surface area contributed by atoms with Crippen LogP contribution in [0.2, 0.25) is 0 Å². The number of rotatable bonds is 9. The van der Waals surface area contributed by atoms with Crippen molar-refractivity contribution in [2.24, 2.45) is 5.10 Å². The summed E-state index contributed by atoms with van der Waals surface area (Å²) in [6, 6.07) is 24.7. The molecule has 0 aliphatic rings. The number of nitrogens with one attached hydrogen (secondary N) is 1. The third-order valence-electron chi connectivity index (χ3n) is 5.35. The highest BCUT2D eigenvalue weighted by atomic mass is 16.5. The number of aromatic nitrogens is 1. The quantitative estimate of drug-likeness (QED) is 0.196. The van der Waals surface area contributed by atoms with Crippen molar-refractivity contribution < 1.29 is 14.3 Å². The first-order chi connectivity index (χ1) is 16.7. The lowest BCUT2D eigenvalue weighted by molar-refractivity contribution is 0.0956.